The van der Waals surface area contributed by atoms with Gasteiger partial charge in [-0.05, 0) is 42.0 Å². The lowest BCUT2D eigenvalue weighted by atomic mass is 9.92. The van der Waals surface area contributed by atoms with Crippen molar-refractivity contribution in [1.29, 1.82) is 0 Å². The predicted molar refractivity (Wildman–Crippen MR) is 110 cm³/mol. The summed E-state index contributed by atoms with van der Waals surface area (Å²) in [6.07, 6.45) is 1.12. The minimum Gasteiger partial charge on any atom is -0.497 e. The number of hydrogen-bond acceptors (Lipinski definition) is 5. The molecule has 0 spiro atoms. The van der Waals surface area contributed by atoms with Gasteiger partial charge in [0.25, 0.3) is 11.6 Å². The fourth-order valence-corrected chi connectivity index (χ4v) is 3.85. The molecule has 2 aromatic carbocycles. The maximum atomic E-state index is 12.6. The van der Waals surface area contributed by atoms with Gasteiger partial charge in [0.2, 0.25) is 0 Å². The van der Waals surface area contributed by atoms with Crippen LogP contribution < -0.4 is 9.47 Å². The number of carbonyl (C=O) groups is 1. The average Bonchev–Trinajstić information content (AvgIpc) is 2.71. The quantitative estimate of drug-likeness (QED) is 0.539. The number of piperidine rings is 1. The van der Waals surface area contributed by atoms with E-state index in [0.29, 0.717) is 28.9 Å². The van der Waals surface area contributed by atoms with Crippen molar-refractivity contribution in [2.45, 2.75) is 20.3 Å². The van der Waals surface area contributed by atoms with E-state index in [-0.39, 0.29) is 18.2 Å². The van der Waals surface area contributed by atoms with Gasteiger partial charge in [-0.25, -0.2) is 0 Å². The Bertz CT molecular complexity index is 871. The number of hydrogen-bond donors (Lipinski definition) is 0. The summed E-state index contributed by atoms with van der Waals surface area (Å²) in [5.74, 6) is 1.99. The lowest BCUT2D eigenvalue weighted by Crippen LogP contribution is -2.44. The van der Waals surface area contributed by atoms with Crippen molar-refractivity contribution >= 4 is 11.6 Å². The molecule has 0 radical (unpaired) electrons. The summed E-state index contributed by atoms with van der Waals surface area (Å²) in [5.41, 5.74) is 1.28. The first-order valence-electron chi connectivity index (χ1n) is 9.70. The van der Waals surface area contributed by atoms with Gasteiger partial charge in [-0.2, -0.15) is 0 Å². The van der Waals surface area contributed by atoms with Crippen molar-refractivity contribution in [2.75, 3.05) is 26.8 Å². The van der Waals surface area contributed by atoms with Crippen LogP contribution in [0.1, 0.15) is 20.3 Å². The lowest BCUT2D eigenvalue weighted by Gasteiger charge is -2.34. The molecule has 0 aromatic heterocycles. The molecule has 29 heavy (non-hydrogen) atoms. The topological polar surface area (TPSA) is 81.9 Å². The number of ether oxygens (including phenoxy) is 2. The molecule has 0 saturated carbocycles. The molecule has 1 aliphatic heterocycles. The summed E-state index contributed by atoms with van der Waals surface area (Å²) in [6.45, 7) is 5.67. The molecule has 7 nitrogen and oxygen atoms in total. The Labute approximate surface area is 170 Å². The van der Waals surface area contributed by atoms with E-state index < -0.39 is 4.92 Å². The molecular formula is C22H26N2O5. The molecule has 3 rings (SSSR count). The van der Waals surface area contributed by atoms with Crippen LogP contribution in [0.25, 0.3) is 11.1 Å². The Kier molecular flexibility index (Phi) is 6.36. The fourth-order valence-electron chi connectivity index (χ4n) is 3.85. The standard InChI is InChI=1S/C22H26N2O5/c1-15-10-16(2)13-23(12-15)22(25)14-29-21-9-6-18(24(26)27)11-20(21)17-4-7-19(28-3)8-5-17/h4-9,11,15-16H,10,12-14H2,1-3H3/t15-,16-/m0/s1. The molecule has 0 unspecified atom stereocenters. The Balaban J connectivity index is 1.80. The second-order valence-corrected chi connectivity index (χ2v) is 7.70. The van der Waals surface area contributed by atoms with Crippen molar-refractivity contribution < 1.29 is 19.2 Å². The maximum Gasteiger partial charge on any atom is 0.270 e. The Morgan fingerprint density at radius 1 is 1.14 bits per heavy atom. The van der Waals surface area contributed by atoms with E-state index in [4.69, 9.17) is 9.47 Å². The normalized spacial score (nSPS) is 18.9. The van der Waals surface area contributed by atoms with E-state index >= 15 is 0 Å². The van der Waals surface area contributed by atoms with E-state index in [1.54, 1.807) is 37.4 Å². The van der Waals surface area contributed by atoms with Crippen LogP contribution in [0.4, 0.5) is 5.69 Å². The Morgan fingerprint density at radius 3 is 2.38 bits per heavy atom. The number of likely N-dealkylation sites (tertiary alicyclic amines) is 1. The number of carbonyl (C=O) groups excluding carboxylic acids is 1. The molecule has 0 aliphatic carbocycles. The third kappa shape index (κ3) is 5.04. The molecule has 154 valence electrons. The van der Waals surface area contributed by atoms with Crippen LogP contribution in [-0.4, -0.2) is 42.5 Å². The molecule has 2 aromatic rings. The van der Waals surface area contributed by atoms with Gasteiger partial charge in [0.05, 0.1) is 12.0 Å². The SMILES string of the molecule is COc1ccc(-c2cc([N+](=O)[O-])ccc2OCC(=O)N2C[C@@H](C)C[C@H](C)C2)cc1. The van der Waals surface area contributed by atoms with Crippen LogP contribution in [0.3, 0.4) is 0 Å². The third-order valence-electron chi connectivity index (χ3n) is 5.15. The van der Waals surface area contributed by atoms with Gasteiger partial charge >= 0.3 is 0 Å². The highest BCUT2D eigenvalue weighted by Gasteiger charge is 2.26. The van der Waals surface area contributed by atoms with Crippen molar-refractivity contribution in [3.63, 3.8) is 0 Å². The maximum absolute atomic E-state index is 12.6. The van der Waals surface area contributed by atoms with Crippen molar-refractivity contribution in [3.05, 3.63) is 52.6 Å². The second kappa shape index (κ2) is 8.94. The van der Waals surface area contributed by atoms with Crippen LogP contribution in [-0.2, 0) is 4.79 Å². The first kappa shape index (κ1) is 20.6. The first-order valence-corrected chi connectivity index (χ1v) is 9.70. The molecule has 1 amide bonds. The molecule has 1 fully saturated rings. The zero-order chi connectivity index (χ0) is 21.0. The molecule has 1 aliphatic rings. The summed E-state index contributed by atoms with van der Waals surface area (Å²) in [7, 11) is 1.57. The van der Waals surface area contributed by atoms with Crippen LogP contribution in [0.15, 0.2) is 42.5 Å². The summed E-state index contributed by atoms with van der Waals surface area (Å²) >= 11 is 0. The van der Waals surface area contributed by atoms with Crippen LogP contribution in [0.5, 0.6) is 11.5 Å². The van der Waals surface area contributed by atoms with E-state index in [1.165, 1.54) is 12.1 Å². The van der Waals surface area contributed by atoms with Gasteiger partial charge in [0.1, 0.15) is 11.5 Å². The molecule has 1 heterocycles. The van der Waals surface area contributed by atoms with Gasteiger partial charge in [-0.3, -0.25) is 14.9 Å². The number of rotatable bonds is 6. The van der Waals surface area contributed by atoms with E-state index in [2.05, 4.69) is 13.8 Å². The highest BCUT2D eigenvalue weighted by molar-refractivity contribution is 5.79. The van der Waals surface area contributed by atoms with Gasteiger partial charge in [0, 0.05) is 30.8 Å². The van der Waals surface area contributed by atoms with Crippen molar-refractivity contribution in [1.82, 2.24) is 4.90 Å². The molecule has 1 saturated heterocycles. The van der Waals surface area contributed by atoms with E-state index in [0.717, 1.165) is 25.1 Å². The minimum absolute atomic E-state index is 0.0341. The second-order valence-electron chi connectivity index (χ2n) is 7.70. The zero-order valence-corrected chi connectivity index (χ0v) is 17.0. The summed E-state index contributed by atoms with van der Waals surface area (Å²) in [4.78, 5) is 25.3. The van der Waals surface area contributed by atoms with E-state index in [9.17, 15) is 14.9 Å². The Morgan fingerprint density at radius 2 is 1.79 bits per heavy atom. The fraction of sp³-hybridized carbons (Fsp3) is 0.409. The Hall–Kier alpha value is -3.09. The van der Waals surface area contributed by atoms with Crippen LogP contribution in [0, 0.1) is 22.0 Å². The molecule has 0 bridgehead atoms. The van der Waals surface area contributed by atoms with Gasteiger partial charge in [-0.15, -0.1) is 0 Å². The molecule has 2 atom stereocenters. The minimum atomic E-state index is -0.446. The molecule has 0 N–H and O–H groups in total. The zero-order valence-electron chi connectivity index (χ0n) is 17.0. The lowest BCUT2D eigenvalue weighted by molar-refractivity contribution is -0.384. The van der Waals surface area contributed by atoms with Gasteiger partial charge < -0.3 is 14.4 Å². The predicted octanol–water partition coefficient (Wildman–Crippen LogP) is 4.15. The monoisotopic (exact) mass is 398 g/mol. The third-order valence-corrected chi connectivity index (χ3v) is 5.15. The number of nitrogens with zero attached hydrogens (tertiary/aromatic N) is 2. The van der Waals surface area contributed by atoms with Crippen molar-refractivity contribution in [3.8, 4) is 22.6 Å². The van der Waals surface area contributed by atoms with E-state index in [1.807, 2.05) is 4.90 Å². The number of non-ortho nitro benzene ring substituents is 1. The highest BCUT2D eigenvalue weighted by atomic mass is 16.6. The average molecular weight is 398 g/mol. The van der Waals surface area contributed by atoms with Gasteiger partial charge in [-0.1, -0.05) is 26.0 Å². The largest absolute Gasteiger partial charge is 0.497 e. The summed E-state index contributed by atoms with van der Waals surface area (Å²) < 4.78 is 11.0. The summed E-state index contributed by atoms with van der Waals surface area (Å²) in [5, 5.41) is 11.2. The smallest absolute Gasteiger partial charge is 0.270 e. The number of amides is 1. The van der Waals surface area contributed by atoms with Crippen molar-refractivity contribution in [2.24, 2.45) is 11.8 Å². The number of methoxy groups -OCH3 is 1. The number of nitro benzene ring substituents is 1. The first-order chi connectivity index (χ1) is 13.9. The number of nitro groups is 1. The number of benzene rings is 2. The summed E-state index contributed by atoms with van der Waals surface area (Å²) in [6, 6.07) is 11.6. The van der Waals surface area contributed by atoms with Crippen LogP contribution >= 0.6 is 0 Å². The van der Waals surface area contributed by atoms with Gasteiger partial charge in [0.15, 0.2) is 6.61 Å². The van der Waals surface area contributed by atoms with Crippen LogP contribution in [0.2, 0.25) is 0 Å². The molecule has 7 heteroatoms. The highest BCUT2D eigenvalue weighted by Crippen LogP contribution is 2.34. The molecular weight excluding hydrogens is 372 g/mol.